The van der Waals surface area contributed by atoms with Crippen molar-refractivity contribution in [2.24, 2.45) is 0 Å². The second kappa shape index (κ2) is 22.9. The molecule has 4 N–H and O–H groups in total. The minimum atomic E-state index is -0.303. The van der Waals surface area contributed by atoms with Crippen LogP contribution in [-0.2, 0) is 22.4 Å². The molecule has 0 aliphatic carbocycles. The van der Waals surface area contributed by atoms with Crippen LogP contribution in [0.1, 0.15) is 154 Å². The van der Waals surface area contributed by atoms with E-state index in [1.165, 1.54) is 33.4 Å². The van der Waals surface area contributed by atoms with Gasteiger partial charge in [0.05, 0.1) is 35.9 Å². The van der Waals surface area contributed by atoms with Crippen LogP contribution in [0.15, 0.2) is 24.3 Å². The number of thiol groups is 4. The molecule has 374 valence electrons. The van der Waals surface area contributed by atoms with E-state index in [4.69, 9.17) is 35.2 Å². The molecule has 0 fully saturated rings. The Kier molecular flexibility index (Phi) is 18.8. The van der Waals surface area contributed by atoms with Gasteiger partial charge < -0.3 is 20.6 Å². The van der Waals surface area contributed by atoms with E-state index in [1.807, 2.05) is 27.7 Å². The van der Waals surface area contributed by atoms with Gasteiger partial charge in [0, 0.05) is 67.2 Å². The minimum Gasteiger partial charge on any atom is -0.355 e. The van der Waals surface area contributed by atoms with Crippen molar-refractivity contribution in [2.45, 2.75) is 154 Å². The lowest BCUT2D eigenvalue weighted by Gasteiger charge is -2.29. The molecule has 10 nitrogen and oxygen atoms in total. The number of aryl methyl sites for hydroxylation is 4. The Balaban J connectivity index is 1.61. The Hall–Kier alpha value is -3.14. The van der Waals surface area contributed by atoms with E-state index in [9.17, 15) is 9.59 Å². The van der Waals surface area contributed by atoms with Gasteiger partial charge in [-0.2, -0.15) is 50.5 Å². The van der Waals surface area contributed by atoms with E-state index >= 15 is 0 Å². The van der Waals surface area contributed by atoms with Gasteiger partial charge in [0.15, 0.2) is 0 Å². The molecular weight excluding hydrogens is 921 g/mol. The van der Waals surface area contributed by atoms with E-state index in [1.54, 1.807) is 0 Å². The summed E-state index contributed by atoms with van der Waals surface area (Å²) in [5.41, 5.74) is 17.8. The van der Waals surface area contributed by atoms with Crippen molar-refractivity contribution >= 4 is 107 Å². The van der Waals surface area contributed by atoms with Crippen LogP contribution in [0.4, 0.5) is 0 Å². The van der Waals surface area contributed by atoms with Gasteiger partial charge >= 0.3 is 0 Å². The fourth-order valence-electron chi connectivity index (χ4n) is 9.39. The molecule has 0 aromatic carbocycles. The van der Waals surface area contributed by atoms with Crippen LogP contribution in [0.25, 0.3) is 44.4 Å². The third-order valence-corrected chi connectivity index (χ3v) is 13.3. The Morgan fingerprint density at radius 1 is 0.544 bits per heavy atom. The summed E-state index contributed by atoms with van der Waals surface area (Å²) >= 11 is 19.0. The summed E-state index contributed by atoms with van der Waals surface area (Å²) in [6.45, 7) is 33.9. The summed E-state index contributed by atoms with van der Waals surface area (Å²) in [6.07, 6.45) is 4.98. The average molecular weight is 1000 g/mol. The van der Waals surface area contributed by atoms with Crippen molar-refractivity contribution in [3.8, 4) is 0 Å². The Labute approximate surface area is 430 Å². The number of nitrogens with zero attached hydrogens (tertiary/aromatic N) is 4. The maximum Gasteiger partial charge on any atom is 0.234 e. The van der Waals surface area contributed by atoms with E-state index < -0.39 is 0 Å². The van der Waals surface area contributed by atoms with Gasteiger partial charge in [0.2, 0.25) is 11.8 Å². The number of hydrogen-bond donors (Lipinski definition) is 8. The molecule has 0 spiro atoms. The molecule has 0 unspecified atom stereocenters. The highest BCUT2D eigenvalue weighted by atomic mass is 32.1. The van der Waals surface area contributed by atoms with Crippen LogP contribution in [0.2, 0.25) is 0 Å². The summed E-state index contributed by atoms with van der Waals surface area (Å²) in [5.74, 6) is -0.0224. The number of carbonyl (C=O) groups excluding carboxylic acids is 2. The van der Waals surface area contributed by atoms with Crippen LogP contribution in [0, 0.1) is 13.8 Å². The third-order valence-electron chi connectivity index (χ3n) is 12.7. The zero-order chi connectivity index (χ0) is 50.5. The first-order chi connectivity index (χ1) is 31.5. The number of allylic oxidation sites excluding steroid dienone is 4. The maximum absolute atomic E-state index is 13.2. The summed E-state index contributed by atoms with van der Waals surface area (Å²) in [5, 5.41) is 6.15. The lowest BCUT2D eigenvalue weighted by atomic mass is 9.98. The fraction of sp³-hybridized carbons (Fsp3) is 0.593. The molecule has 0 radical (unpaired) electrons. The number of carbonyl (C=O) groups is 2. The normalized spacial score (nSPS) is 13.9. The van der Waals surface area contributed by atoms with Crippen molar-refractivity contribution in [1.29, 1.82) is 0 Å². The number of amides is 2. The number of rotatable bonds is 22. The van der Waals surface area contributed by atoms with Crippen molar-refractivity contribution in [3.05, 3.63) is 69.3 Å². The van der Waals surface area contributed by atoms with E-state index in [0.717, 1.165) is 108 Å². The van der Waals surface area contributed by atoms with E-state index in [-0.39, 0.29) is 43.9 Å². The number of fused-ring (bicyclic) bond motifs is 8. The zero-order valence-corrected chi connectivity index (χ0v) is 47.2. The van der Waals surface area contributed by atoms with Gasteiger partial charge in [-0.3, -0.25) is 19.4 Å². The molecule has 2 aliphatic rings. The number of aromatic amines is 2. The largest absolute Gasteiger partial charge is 0.355 e. The lowest BCUT2D eigenvalue weighted by Crippen LogP contribution is -2.45. The van der Waals surface area contributed by atoms with Crippen LogP contribution in [-0.4, -0.2) is 113 Å². The third kappa shape index (κ3) is 15.9. The summed E-state index contributed by atoms with van der Waals surface area (Å²) in [6, 6.07) is 8.93. The van der Waals surface area contributed by atoms with Crippen molar-refractivity contribution in [3.63, 3.8) is 0 Å². The Morgan fingerprint density at radius 2 is 0.912 bits per heavy atom. The quantitative estimate of drug-likeness (QED) is 0.0475. The molecule has 0 saturated heterocycles. The molecular formula is C54H82N8O2S4. The maximum atomic E-state index is 13.2. The summed E-state index contributed by atoms with van der Waals surface area (Å²) < 4.78 is -1.18. The van der Waals surface area contributed by atoms with Gasteiger partial charge in [-0.05, 0) is 204 Å². The Bertz CT molecular complexity index is 2540. The van der Waals surface area contributed by atoms with Gasteiger partial charge in [-0.1, -0.05) is 13.8 Å². The van der Waals surface area contributed by atoms with Gasteiger partial charge in [0.25, 0.3) is 0 Å². The first kappa shape index (κ1) is 55.8. The smallest absolute Gasteiger partial charge is 0.234 e. The first-order valence-electron chi connectivity index (χ1n) is 24.6. The molecule has 5 rings (SSSR count). The highest BCUT2D eigenvalue weighted by molar-refractivity contribution is 7.82. The number of H-pyrrole nitrogens is 2. The molecule has 2 aliphatic heterocycles. The molecule has 8 bridgehead atoms. The van der Waals surface area contributed by atoms with Gasteiger partial charge in [0.1, 0.15) is 0 Å². The molecule has 0 saturated carbocycles. The monoisotopic (exact) mass is 1000 g/mol. The van der Waals surface area contributed by atoms with E-state index in [0.29, 0.717) is 26.2 Å². The fourth-order valence-corrected chi connectivity index (χ4v) is 9.95. The number of aromatic nitrogens is 4. The molecule has 2 amide bonds. The van der Waals surface area contributed by atoms with Crippen molar-refractivity contribution in [1.82, 2.24) is 40.4 Å². The first-order valence-corrected chi connectivity index (χ1v) is 26.3. The predicted molar refractivity (Wildman–Crippen MR) is 304 cm³/mol. The second-order valence-corrected chi connectivity index (χ2v) is 26.6. The van der Waals surface area contributed by atoms with Gasteiger partial charge in [-0.25, -0.2) is 9.97 Å². The second-order valence-electron chi connectivity index (χ2n) is 21.8. The molecule has 0 atom stereocenters. The number of hydrogen-bond acceptors (Lipinski definition) is 10. The molecule has 68 heavy (non-hydrogen) atoms. The Morgan fingerprint density at radius 3 is 1.28 bits per heavy atom. The molecule has 3 aromatic rings. The van der Waals surface area contributed by atoms with Crippen molar-refractivity contribution in [2.75, 3.05) is 52.4 Å². The van der Waals surface area contributed by atoms with E-state index in [2.05, 4.69) is 149 Å². The lowest BCUT2D eigenvalue weighted by molar-refractivity contribution is -0.123. The molecule has 3 aromatic heterocycles. The highest BCUT2D eigenvalue weighted by Gasteiger charge is 2.26. The highest BCUT2D eigenvalue weighted by Crippen LogP contribution is 2.38. The topological polar surface area (TPSA) is 122 Å². The van der Waals surface area contributed by atoms with Crippen LogP contribution in [0.5, 0.6) is 0 Å². The standard InChI is InChI=1S/C54H82N8O2S4/c1-15-37-33(3)41-23-42-35(5)39(19-17-21-61(31-53(11,12)67)27-49(63)55-29-51(7,8)65)47(59-42)26-48-40(20-18-22-62(32-54(13,14)68)28-50(64)56-30-52(9,10)66)36(6)44(60-48)25-46-38(16-2)34(4)43(58-46)24-45(37)57-41/h23-26,57-58,65-68H,15-22,27-32H2,1-14H3,(H,55,63)(H,56,64). The van der Waals surface area contributed by atoms with Crippen LogP contribution < -0.4 is 10.6 Å². The average Bonchev–Trinajstić information content (AvgIpc) is 3.87. The zero-order valence-electron chi connectivity index (χ0n) is 43.6. The summed E-state index contributed by atoms with van der Waals surface area (Å²) in [7, 11) is 0. The van der Waals surface area contributed by atoms with Crippen LogP contribution in [0.3, 0.4) is 0 Å². The SMILES string of the molecule is CCc1c(C)c2cc3[nH]c(cc4nc(cc5nc(cc1[nH]2)C(C)=C5CCCN(CC(=O)NCC(C)(C)S)CC(C)(C)S)C(CCCN(CC(=O)NCC(C)(C)S)CC(C)(C)S)=C4C)c(C)c3CC. The molecule has 14 heteroatoms. The predicted octanol–water partition coefficient (Wildman–Crippen LogP) is 11.1. The summed E-state index contributed by atoms with van der Waals surface area (Å²) in [4.78, 5) is 49.3. The van der Waals surface area contributed by atoms with Crippen LogP contribution >= 0.6 is 50.5 Å². The molecule has 5 heterocycles. The minimum absolute atomic E-state index is 0.0112. The van der Waals surface area contributed by atoms with Crippen molar-refractivity contribution < 1.29 is 9.59 Å². The number of nitrogens with one attached hydrogen (secondary N) is 4. The van der Waals surface area contributed by atoms with Gasteiger partial charge in [-0.15, -0.1) is 0 Å².